The topological polar surface area (TPSA) is 67.4 Å². The fourth-order valence-electron chi connectivity index (χ4n) is 1.96. The minimum Gasteiger partial charge on any atom is -0.493 e. The van der Waals surface area contributed by atoms with Gasteiger partial charge < -0.3 is 4.74 Å². The molecule has 2 N–H and O–H groups in total. The zero-order valence-corrected chi connectivity index (χ0v) is 14.1. The van der Waals surface area contributed by atoms with Gasteiger partial charge in [-0.1, -0.05) is 37.1 Å². The first-order valence-electron chi connectivity index (χ1n) is 7.70. The Morgan fingerprint density at radius 2 is 1.67 bits per heavy atom. The van der Waals surface area contributed by atoms with Gasteiger partial charge in [-0.25, -0.2) is 0 Å². The normalized spacial score (nSPS) is 10.1. The molecule has 0 aliphatic carbocycles. The van der Waals surface area contributed by atoms with Crippen LogP contribution in [-0.2, 0) is 0 Å². The molecule has 0 aliphatic rings. The Morgan fingerprint density at radius 3 is 2.38 bits per heavy atom. The molecule has 0 saturated heterocycles. The third-order valence-corrected chi connectivity index (χ3v) is 3.54. The fourth-order valence-corrected chi connectivity index (χ4v) is 2.09. The van der Waals surface area contributed by atoms with E-state index in [1.54, 1.807) is 48.5 Å². The largest absolute Gasteiger partial charge is 0.493 e. The molecule has 6 heteroatoms. The molecule has 2 amide bonds. The van der Waals surface area contributed by atoms with Crippen LogP contribution in [0.1, 0.15) is 40.5 Å². The number of benzene rings is 2. The van der Waals surface area contributed by atoms with Gasteiger partial charge >= 0.3 is 0 Å². The van der Waals surface area contributed by atoms with Gasteiger partial charge in [0, 0.05) is 10.6 Å². The number of rotatable bonds is 6. The first-order chi connectivity index (χ1) is 11.6. The number of carbonyl (C=O) groups is 2. The summed E-state index contributed by atoms with van der Waals surface area (Å²) in [5.74, 6) is -0.377. The minimum absolute atomic E-state index is 0.366. The third-order valence-electron chi connectivity index (χ3n) is 3.28. The summed E-state index contributed by atoms with van der Waals surface area (Å²) in [5.41, 5.74) is 5.53. The van der Waals surface area contributed by atoms with Crippen molar-refractivity contribution in [3.05, 3.63) is 64.7 Å². The molecule has 5 nitrogen and oxygen atoms in total. The molecule has 0 aliphatic heterocycles. The van der Waals surface area contributed by atoms with Gasteiger partial charge in [0.05, 0.1) is 12.2 Å². The Morgan fingerprint density at radius 1 is 1.00 bits per heavy atom. The number of halogens is 1. The molecule has 0 fully saturated rings. The van der Waals surface area contributed by atoms with E-state index in [0.29, 0.717) is 28.5 Å². The predicted octanol–water partition coefficient (Wildman–Crippen LogP) is 3.59. The standard InChI is InChI=1S/C18H19ClN2O3/c1-2-3-12-24-16-7-5-4-6-15(16)18(23)21-20-17(22)13-8-10-14(19)11-9-13/h4-11H,2-3,12H2,1H3,(H,20,22)(H,21,23). The molecular formula is C18H19ClN2O3. The molecule has 0 bridgehead atoms. The van der Waals surface area contributed by atoms with Gasteiger partial charge in [0.1, 0.15) is 5.75 Å². The summed E-state index contributed by atoms with van der Waals surface area (Å²) in [6.07, 6.45) is 1.91. The quantitative estimate of drug-likeness (QED) is 0.620. The van der Waals surface area contributed by atoms with E-state index in [0.717, 1.165) is 12.8 Å². The van der Waals surface area contributed by atoms with Crippen LogP contribution in [0.4, 0.5) is 0 Å². The molecule has 0 aromatic heterocycles. The number of hydrogen-bond donors (Lipinski definition) is 2. The van der Waals surface area contributed by atoms with Crippen molar-refractivity contribution in [2.75, 3.05) is 6.61 Å². The fraction of sp³-hybridized carbons (Fsp3) is 0.222. The number of ether oxygens (including phenoxy) is 1. The van der Waals surface area contributed by atoms with E-state index >= 15 is 0 Å². The monoisotopic (exact) mass is 346 g/mol. The number of nitrogens with one attached hydrogen (secondary N) is 2. The van der Waals surface area contributed by atoms with Gasteiger partial charge in [-0.3, -0.25) is 20.4 Å². The van der Waals surface area contributed by atoms with E-state index in [1.807, 2.05) is 0 Å². The summed E-state index contributed by atoms with van der Waals surface area (Å²) in [6.45, 7) is 2.60. The van der Waals surface area contributed by atoms with Crippen LogP contribution >= 0.6 is 11.6 Å². The second kappa shape index (κ2) is 8.93. The molecular weight excluding hydrogens is 328 g/mol. The van der Waals surface area contributed by atoms with E-state index in [-0.39, 0.29) is 0 Å². The Kier molecular flexibility index (Phi) is 6.63. The van der Waals surface area contributed by atoms with Crippen LogP contribution < -0.4 is 15.6 Å². The summed E-state index contributed by atoms with van der Waals surface area (Å²) in [4.78, 5) is 24.2. The Balaban J connectivity index is 1.97. The maximum absolute atomic E-state index is 12.3. The van der Waals surface area contributed by atoms with Gasteiger partial charge in [-0.2, -0.15) is 0 Å². The summed E-state index contributed by atoms with van der Waals surface area (Å²) in [5, 5.41) is 0.536. The number of hydrazine groups is 1. The van der Waals surface area contributed by atoms with Crippen molar-refractivity contribution in [2.45, 2.75) is 19.8 Å². The molecule has 2 rings (SSSR count). The van der Waals surface area contributed by atoms with Crippen LogP contribution in [0.2, 0.25) is 5.02 Å². The maximum atomic E-state index is 12.3. The molecule has 0 radical (unpaired) electrons. The number of carbonyl (C=O) groups excluding carboxylic acids is 2. The summed E-state index contributed by atoms with van der Waals surface area (Å²) < 4.78 is 5.62. The van der Waals surface area contributed by atoms with Crippen LogP contribution in [0, 0.1) is 0 Å². The lowest BCUT2D eigenvalue weighted by Gasteiger charge is -2.12. The number of unbranched alkanes of at least 4 members (excludes halogenated alkanes) is 1. The Labute approximate surface area is 145 Å². The number of amides is 2. The van der Waals surface area contributed by atoms with E-state index in [1.165, 1.54) is 0 Å². The maximum Gasteiger partial charge on any atom is 0.273 e. The first-order valence-corrected chi connectivity index (χ1v) is 8.07. The lowest BCUT2D eigenvalue weighted by atomic mass is 10.2. The van der Waals surface area contributed by atoms with Crippen molar-refractivity contribution in [2.24, 2.45) is 0 Å². The average Bonchev–Trinajstić information content (AvgIpc) is 2.60. The molecule has 126 valence electrons. The van der Waals surface area contributed by atoms with E-state index < -0.39 is 11.8 Å². The van der Waals surface area contributed by atoms with Gasteiger partial charge in [0.2, 0.25) is 0 Å². The van der Waals surface area contributed by atoms with Crippen molar-refractivity contribution in [3.8, 4) is 5.75 Å². The highest BCUT2D eigenvalue weighted by Crippen LogP contribution is 2.18. The third kappa shape index (κ3) is 4.99. The number of para-hydroxylation sites is 1. The molecule has 0 unspecified atom stereocenters. The highest BCUT2D eigenvalue weighted by atomic mass is 35.5. The summed E-state index contributed by atoms with van der Waals surface area (Å²) in [7, 11) is 0. The van der Waals surface area contributed by atoms with Crippen LogP contribution in [0.3, 0.4) is 0 Å². The van der Waals surface area contributed by atoms with Crippen LogP contribution in [0.25, 0.3) is 0 Å². The van der Waals surface area contributed by atoms with Crippen LogP contribution in [0.5, 0.6) is 5.75 Å². The average molecular weight is 347 g/mol. The predicted molar refractivity (Wildman–Crippen MR) is 93.2 cm³/mol. The molecule has 0 atom stereocenters. The molecule has 0 heterocycles. The second-order valence-corrected chi connectivity index (χ2v) is 5.55. The van der Waals surface area contributed by atoms with E-state index in [2.05, 4.69) is 17.8 Å². The van der Waals surface area contributed by atoms with Crippen molar-refractivity contribution in [3.63, 3.8) is 0 Å². The van der Waals surface area contributed by atoms with E-state index in [4.69, 9.17) is 16.3 Å². The van der Waals surface area contributed by atoms with Crippen molar-refractivity contribution < 1.29 is 14.3 Å². The smallest absolute Gasteiger partial charge is 0.273 e. The van der Waals surface area contributed by atoms with Gasteiger partial charge in [0.25, 0.3) is 11.8 Å². The van der Waals surface area contributed by atoms with E-state index in [9.17, 15) is 9.59 Å². The molecule has 2 aromatic carbocycles. The van der Waals surface area contributed by atoms with Crippen LogP contribution in [-0.4, -0.2) is 18.4 Å². The van der Waals surface area contributed by atoms with Gasteiger partial charge in [0.15, 0.2) is 0 Å². The Hall–Kier alpha value is -2.53. The molecule has 24 heavy (non-hydrogen) atoms. The zero-order valence-electron chi connectivity index (χ0n) is 13.3. The number of hydrogen-bond acceptors (Lipinski definition) is 3. The minimum atomic E-state index is -0.440. The van der Waals surface area contributed by atoms with Crippen molar-refractivity contribution in [1.29, 1.82) is 0 Å². The molecule has 2 aromatic rings. The van der Waals surface area contributed by atoms with Gasteiger partial charge in [-0.05, 0) is 42.8 Å². The lowest BCUT2D eigenvalue weighted by Crippen LogP contribution is -2.41. The highest BCUT2D eigenvalue weighted by molar-refractivity contribution is 6.30. The second-order valence-electron chi connectivity index (χ2n) is 5.11. The zero-order chi connectivity index (χ0) is 17.4. The Bertz CT molecular complexity index is 702. The highest BCUT2D eigenvalue weighted by Gasteiger charge is 2.13. The lowest BCUT2D eigenvalue weighted by molar-refractivity contribution is 0.0844. The van der Waals surface area contributed by atoms with Gasteiger partial charge in [-0.15, -0.1) is 0 Å². The first kappa shape index (κ1) is 17.8. The van der Waals surface area contributed by atoms with Crippen molar-refractivity contribution >= 4 is 23.4 Å². The summed E-state index contributed by atoms with van der Waals surface area (Å²) >= 11 is 5.78. The SMILES string of the molecule is CCCCOc1ccccc1C(=O)NNC(=O)c1ccc(Cl)cc1. The van der Waals surface area contributed by atoms with Crippen LogP contribution in [0.15, 0.2) is 48.5 Å². The summed E-state index contributed by atoms with van der Waals surface area (Å²) in [6, 6.07) is 13.3. The van der Waals surface area contributed by atoms with Crippen molar-refractivity contribution in [1.82, 2.24) is 10.9 Å². The molecule has 0 spiro atoms. The molecule has 0 saturated carbocycles.